The predicted octanol–water partition coefficient (Wildman–Crippen LogP) is 1.42. The highest BCUT2D eigenvalue weighted by Gasteiger charge is 2.45. The van der Waals surface area contributed by atoms with E-state index in [0.717, 1.165) is 10.4 Å². The Morgan fingerprint density at radius 3 is 2.55 bits per heavy atom. The highest BCUT2D eigenvalue weighted by molar-refractivity contribution is 7.89. The fourth-order valence-electron chi connectivity index (χ4n) is 5.10. The van der Waals surface area contributed by atoms with Gasteiger partial charge in [0.2, 0.25) is 21.8 Å². The molecule has 0 radical (unpaired) electrons. The van der Waals surface area contributed by atoms with Crippen LogP contribution in [0.25, 0.3) is 16.3 Å². The van der Waals surface area contributed by atoms with Gasteiger partial charge in [-0.1, -0.05) is 44.2 Å². The van der Waals surface area contributed by atoms with Crippen molar-refractivity contribution in [2.75, 3.05) is 6.54 Å². The number of amides is 3. The maximum Gasteiger partial charge on any atom is 0.325 e. The summed E-state index contributed by atoms with van der Waals surface area (Å²) < 4.78 is 29.1. The van der Waals surface area contributed by atoms with Gasteiger partial charge in [0.05, 0.1) is 10.9 Å². The van der Waals surface area contributed by atoms with Crippen LogP contribution in [0.4, 0.5) is 0 Å². The molecule has 2 aliphatic rings. The molecule has 2 heterocycles. The molecule has 1 unspecified atom stereocenters. The van der Waals surface area contributed by atoms with Gasteiger partial charge in [0.1, 0.15) is 12.1 Å². The highest BCUT2D eigenvalue weighted by Crippen LogP contribution is 2.27. The summed E-state index contributed by atoms with van der Waals surface area (Å²) >= 11 is 0. The van der Waals surface area contributed by atoms with Gasteiger partial charge in [0.25, 0.3) is 11.7 Å². The van der Waals surface area contributed by atoms with Crippen LogP contribution in [0.1, 0.15) is 46.0 Å². The van der Waals surface area contributed by atoms with Crippen LogP contribution in [0, 0.1) is 5.92 Å². The van der Waals surface area contributed by atoms with Gasteiger partial charge in [0, 0.05) is 13.0 Å². The zero-order chi connectivity index (χ0) is 29.0. The number of hydrogen-bond acceptors (Lipinski definition) is 6. The largest absolute Gasteiger partial charge is 0.361 e. The van der Waals surface area contributed by atoms with Crippen molar-refractivity contribution >= 4 is 50.5 Å². The molecule has 0 saturated carbocycles. The van der Waals surface area contributed by atoms with Crippen LogP contribution in [0.15, 0.2) is 47.4 Å². The molecule has 3 amide bonds. The Kier molecular flexibility index (Phi) is 8.77. The third kappa shape index (κ3) is 6.27. The first-order valence-corrected chi connectivity index (χ1v) is 14.7. The molecule has 13 heteroatoms. The van der Waals surface area contributed by atoms with E-state index in [2.05, 4.69) is 14.8 Å². The molecule has 0 aromatic heterocycles. The molecule has 212 valence electrons. The van der Waals surface area contributed by atoms with Crippen molar-refractivity contribution < 1.29 is 32.4 Å². The van der Waals surface area contributed by atoms with Crippen LogP contribution in [-0.2, 0) is 29.2 Å². The van der Waals surface area contributed by atoms with E-state index in [4.69, 9.17) is 5.53 Å². The van der Waals surface area contributed by atoms with Crippen molar-refractivity contribution in [3.63, 3.8) is 0 Å². The molecular weight excluding hydrogens is 536 g/mol. The van der Waals surface area contributed by atoms with Gasteiger partial charge >= 0.3 is 6.21 Å². The lowest BCUT2D eigenvalue weighted by Gasteiger charge is -2.43. The topological polar surface area (TPSA) is 169 Å². The molecule has 2 aromatic carbocycles. The minimum absolute atomic E-state index is 0.0134. The number of nitrogens with one attached hydrogen (secondary N) is 2. The zero-order valence-electron chi connectivity index (χ0n) is 22.3. The van der Waals surface area contributed by atoms with Gasteiger partial charge in [-0.25, -0.2) is 13.4 Å². The van der Waals surface area contributed by atoms with Crippen molar-refractivity contribution in [1.29, 1.82) is 0 Å². The van der Waals surface area contributed by atoms with E-state index >= 15 is 0 Å². The number of fused-ring (bicyclic) bond motifs is 2. The van der Waals surface area contributed by atoms with Crippen LogP contribution in [0.2, 0.25) is 0 Å². The Hall–Kier alpha value is -3.93. The Labute approximate surface area is 232 Å². The van der Waals surface area contributed by atoms with E-state index in [0.29, 0.717) is 18.0 Å². The van der Waals surface area contributed by atoms with Crippen molar-refractivity contribution in [3.8, 4) is 0 Å². The van der Waals surface area contributed by atoms with Gasteiger partial charge in [-0.05, 0) is 54.5 Å². The minimum atomic E-state index is -4.15. The Balaban J connectivity index is 1.60. The summed E-state index contributed by atoms with van der Waals surface area (Å²) in [6, 6.07) is 8.47. The minimum Gasteiger partial charge on any atom is -0.361 e. The molecule has 2 aromatic rings. The first-order chi connectivity index (χ1) is 19.0. The lowest BCUT2D eigenvalue weighted by Crippen LogP contribution is -2.64. The number of sulfonamides is 1. The van der Waals surface area contributed by atoms with Crippen molar-refractivity contribution in [1.82, 2.24) is 20.1 Å². The van der Waals surface area contributed by atoms with Crippen LogP contribution in [-0.4, -0.2) is 77.6 Å². The van der Waals surface area contributed by atoms with E-state index in [9.17, 15) is 27.6 Å². The number of ketones is 1. The fraction of sp³-hybridized carbons (Fsp3) is 0.444. The molecule has 0 bridgehead atoms. The number of hydrogen-bond donors (Lipinski definition) is 2. The molecule has 4 rings (SSSR count). The van der Waals surface area contributed by atoms with Gasteiger partial charge in [-0.2, -0.15) is 9.51 Å². The molecule has 2 aliphatic heterocycles. The summed E-state index contributed by atoms with van der Waals surface area (Å²) in [5, 5.41) is 6.45. The maximum absolute atomic E-state index is 13.8. The highest BCUT2D eigenvalue weighted by atomic mass is 32.2. The molecule has 40 heavy (non-hydrogen) atoms. The number of carbonyl (C=O) groups is 4. The first kappa shape index (κ1) is 29.1. The second-order valence-electron chi connectivity index (χ2n) is 10.4. The van der Waals surface area contributed by atoms with Crippen LogP contribution >= 0.6 is 0 Å². The van der Waals surface area contributed by atoms with Crippen molar-refractivity contribution in [2.45, 2.75) is 69.0 Å². The van der Waals surface area contributed by atoms with E-state index in [1.807, 2.05) is 26.0 Å². The quantitative estimate of drug-likeness (QED) is 0.263. The molecule has 12 nitrogen and oxygen atoms in total. The van der Waals surface area contributed by atoms with Crippen molar-refractivity contribution in [3.05, 3.63) is 48.0 Å². The number of rotatable bonds is 9. The van der Waals surface area contributed by atoms with Crippen molar-refractivity contribution in [2.24, 2.45) is 5.92 Å². The first-order valence-electron chi connectivity index (χ1n) is 13.2. The second-order valence-corrected chi connectivity index (χ2v) is 12.1. The third-order valence-electron chi connectivity index (χ3n) is 7.04. The SMILES string of the molecule is CC(C)C[C@H](NC(=O)[C@@H]1CCCN2C(=O)CCC(NS(=O)(=O)c3ccc4ccccc4c3)C(=O)N12)C(=O)C=[N+]=[N-]. The summed E-state index contributed by atoms with van der Waals surface area (Å²) in [4.78, 5) is 55.3. The lowest BCUT2D eigenvalue weighted by atomic mass is 9.99. The Morgan fingerprint density at radius 1 is 1.12 bits per heavy atom. The van der Waals surface area contributed by atoms with E-state index in [-0.39, 0.29) is 43.0 Å². The zero-order valence-corrected chi connectivity index (χ0v) is 23.1. The standard InChI is InChI=1S/C27H32N6O6S/c1-17(2)14-22(24(34)16-29-28)30-26(36)23-8-5-13-32-25(35)12-11-21(27(37)33(23)32)31-40(38,39)20-10-9-18-6-3-4-7-19(18)15-20/h3-4,6-7,9-10,15-17,21-23,31H,5,8,11-14H2,1-2H3,(H,30,36)/t21?,22-,23-/m0/s1. The van der Waals surface area contributed by atoms with Crippen LogP contribution < -0.4 is 10.0 Å². The van der Waals surface area contributed by atoms with E-state index < -0.39 is 51.7 Å². The fourth-order valence-corrected chi connectivity index (χ4v) is 6.36. The smallest absolute Gasteiger partial charge is 0.325 e. The van der Waals surface area contributed by atoms with Gasteiger partial charge in [-0.3, -0.25) is 24.2 Å². The van der Waals surface area contributed by atoms with E-state index in [1.54, 1.807) is 18.2 Å². The van der Waals surface area contributed by atoms with Gasteiger partial charge in [0.15, 0.2) is 0 Å². The summed E-state index contributed by atoms with van der Waals surface area (Å²) in [6.07, 6.45) is 1.44. The number of carbonyl (C=O) groups excluding carboxylic acids is 4. The summed E-state index contributed by atoms with van der Waals surface area (Å²) in [5.74, 6) is -2.38. The number of hydrazine groups is 1. The van der Waals surface area contributed by atoms with Crippen LogP contribution in [0.5, 0.6) is 0 Å². The number of Topliss-reactive ketones (excluding diaryl/α,β-unsaturated/α-hetero) is 1. The van der Waals surface area contributed by atoms with Crippen LogP contribution in [0.3, 0.4) is 0 Å². The van der Waals surface area contributed by atoms with E-state index in [1.165, 1.54) is 17.1 Å². The third-order valence-corrected chi connectivity index (χ3v) is 8.51. The molecule has 0 aliphatic carbocycles. The Morgan fingerprint density at radius 2 is 1.85 bits per heavy atom. The second kappa shape index (κ2) is 12.1. The summed E-state index contributed by atoms with van der Waals surface area (Å²) in [6.45, 7) is 3.91. The van der Waals surface area contributed by atoms with Gasteiger partial charge in [-0.15, -0.1) is 0 Å². The lowest BCUT2D eigenvalue weighted by molar-refractivity contribution is -0.176. The monoisotopic (exact) mass is 568 g/mol. The molecule has 2 N–H and O–H groups in total. The number of nitrogens with zero attached hydrogens (tertiary/aromatic N) is 4. The average Bonchev–Trinajstić information content (AvgIpc) is 3.04. The molecular formula is C27H32N6O6S. The summed E-state index contributed by atoms with van der Waals surface area (Å²) in [7, 11) is -4.15. The predicted molar refractivity (Wildman–Crippen MR) is 145 cm³/mol. The molecule has 3 atom stereocenters. The molecule has 2 fully saturated rings. The number of benzene rings is 2. The maximum atomic E-state index is 13.8. The normalized spacial score (nSPS) is 20.5. The average molecular weight is 569 g/mol. The Bertz CT molecular complexity index is 1490. The summed E-state index contributed by atoms with van der Waals surface area (Å²) in [5.41, 5.74) is 8.79. The van der Waals surface area contributed by atoms with Gasteiger partial charge < -0.3 is 10.8 Å². The molecule has 2 saturated heterocycles. The molecule has 0 spiro atoms.